The van der Waals surface area contributed by atoms with Gasteiger partial charge < -0.3 is 43.6 Å². The maximum absolute atomic E-state index is 12.8. The molecule has 16 nitrogen and oxygen atoms in total. The highest BCUT2D eigenvalue weighted by atomic mass is 16.6. The molecule has 1 aromatic rings. The van der Waals surface area contributed by atoms with Crippen molar-refractivity contribution in [2.75, 3.05) is 94.4 Å². The Labute approximate surface area is 323 Å². The first-order valence-corrected chi connectivity index (χ1v) is 16.2. The maximum Gasteiger partial charge on any atom is 0.338 e. The summed E-state index contributed by atoms with van der Waals surface area (Å²) in [6.45, 7) is 16.6. The summed E-state index contributed by atoms with van der Waals surface area (Å²) in [7, 11) is 6.21. The predicted octanol–water partition coefficient (Wildman–Crippen LogP) is 2.35. The smallest absolute Gasteiger partial charge is 0.338 e. The number of aliphatic hydroxyl groups is 1. The van der Waals surface area contributed by atoms with Gasteiger partial charge in [0.2, 0.25) is 0 Å². The third kappa shape index (κ3) is 30.9. The second kappa shape index (κ2) is 40.0. The van der Waals surface area contributed by atoms with Crippen LogP contribution in [0.2, 0.25) is 0 Å². The molecule has 0 aromatic heterocycles. The molecule has 1 aromatic carbocycles. The van der Waals surface area contributed by atoms with E-state index in [2.05, 4.69) is 38.2 Å². The van der Waals surface area contributed by atoms with Crippen LogP contribution in [-0.2, 0) is 57.1 Å². The van der Waals surface area contributed by atoms with Crippen molar-refractivity contribution in [1.29, 1.82) is 0 Å². The van der Waals surface area contributed by atoms with E-state index in [1.54, 1.807) is 19.2 Å². The van der Waals surface area contributed by atoms with E-state index in [-0.39, 0.29) is 70.6 Å². The molecule has 0 saturated heterocycles. The minimum atomic E-state index is -1.14. The molecule has 0 aliphatic heterocycles. The number of carbonyl (C=O) groups excluding carboxylic acids is 7. The van der Waals surface area contributed by atoms with Crippen molar-refractivity contribution >= 4 is 43.1 Å². The van der Waals surface area contributed by atoms with E-state index >= 15 is 0 Å². The fraction of sp³-hybridized carbons (Fsp3) is 0.410. The van der Waals surface area contributed by atoms with Crippen molar-refractivity contribution in [3.63, 3.8) is 0 Å². The minimum absolute atomic E-state index is 0.00188. The van der Waals surface area contributed by atoms with Crippen LogP contribution in [-0.4, -0.2) is 143 Å². The number of benzene rings is 1. The molecule has 1 rings (SSSR count). The highest BCUT2D eigenvalue weighted by molar-refractivity contribution is 5.98. The molecule has 0 aliphatic rings. The Bertz CT molecular complexity index is 1230. The molecule has 0 saturated carbocycles. The van der Waals surface area contributed by atoms with Crippen LogP contribution >= 0.6 is 0 Å². The number of allylic oxidation sites excluding steroid dienone is 3. The number of hydrogen-bond donors (Lipinski definition) is 2. The van der Waals surface area contributed by atoms with Gasteiger partial charge in [-0.05, 0) is 31.3 Å². The minimum Gasteiger partial charge on any atom is -0.462 e. The van der Waals surface area contributed by atoms with Crippen LogP contribution in [0, 0.1) is 10.8 Å². The Kier molecular flexibility index (Phi) is 41.1. The van der Waals surface area contributed by atoms with Crippen LogP contribution in [0.3, 0.4) is 0 Å². The van der Waals surface area contributed by atoms with Gasteiger partial charge in [-0.2, -0.15) is 0 Å². The Morgan fingerprint density at radius 2 is 1.04 bits per heavy atom. The lowest BCUT2D eigenvalue weighted by molar-refractivity contribution is -0.156. The van der Waals surface area contributed by atoms with Crippen molar-refractivity contribution in [1.82, 2.24) is 5.32 Å². The van der Waals surface area contributed by atoms with Crippen molar-refractivity contribution in [3.05, 3.63) is 98.7 Å². The number of rotatable bonds is 25. The van der Waals surface area contributed by atoms with Gasteiger partial charge in [-0.1, -0.05) is 51.1 Å². The number of carbonyl (C=O) groups is 7. The van der Waals surface area contributed by atoms with E-state index in [1.165, 1.54) is 51.7 Å². The Morgan fingerprint density at radius 1 is 0.655 bits per heavy atom. The number of aliphatic hydroxyl groups excluding tert-OH is 1. The molecule has 0 radical (unpaired) electrons. The molecular weight excluding hydrogens is 722 g/mol. The first kappa shape index (κ1) is 56.5. The van der Waals surface area contributed by atoms with E-state index < -0.39 is 28.7 Å². The highest BCUT2D eigenvalue weighted by Crippen LogP contribution is 2.25. The molecule has 0 aliphatic carbocycles. The van der Waals surface area contributed by atoms with Gasteiger partial charge in [-0.3, -0.25) is 19.2 Å². The summed E-state index contributed by atoms with van der Waals surface area (Å²) in [5.74, 6) is -2.05. The fourth-order valence-corrected chi connectivity index (χ4v) is 3.66. The first-order chi connectivity index (χ1) is 26.4. The Morgan fingerprint density at radius 3 is 1.35 bits per heavy atom. The molecular formula is C39H57NO15. The van der Waals surface area contributed by atoms with Crippen LogP contribution in [0.5, 0.6) is 0 Å². The number of aldehydes is 4. The van der Waals surface area contributed by atoms with Gasteiger partial charge in [0.05, 0.1) is 56.0 Å². The van der Waals surface area contributed by atoms with Gasteiger partial charge in [-0.15, -0.1) is 0 Å². The lowest BCUT2D eigenvalue weighted by atomic mass is 9.90. The van der Waals surface area contributed by atoms with Crippen molar-refractivity contribution in [2.45, 2.75) is 0 Å². The van der Waals surface area contributed by atoms with Gasteiger partial charge in [0.15, 0.2) is 6.29 Å². The SMILES string of the molecule is C=CC(=O)OCC(COC)(COC)COCC(COC)(COC(=O)C=C)COC(=O)c1ccccc1C=O.C=CC=O.C=CC=O.C=CC=O.CNCCO. The molecule has 16 heteroatoms. The number of esters is 3. The van der Waals surface area contributed by atoms with Crippen LogP contribution in [0.4, 0.5) is 0 Å². The largest absolute Gasteiger partial charge is 0.462 e. The number of likely N-dealkylation sites (N-methyl/N-ethyl adjacent to an activating group) is 1. The third-order valence-electron chi connectivity index (χ3n) is 6.01. The molecule has 0 heterocycles. The fourth-order valence-electron chi connectivity index (χ4n) is 3.66. The van der Waals surface area contributed by atoms with E-state index in [4.69, 9.17) is 52.6 Å². The maximum atomic E-state index is 12.8. The molecule has 55 heavy (non-hydrogen) atoms. The van der Waals surface area contributed by atoms with Crippen molar-refractivity contribution in [2.24, 2.45) is 10.8 Å². The second-order valence-electron chi connectivity index (χ2n) is 10.6. The summed E-state index contributed by atoms with van der Waals surface area (Å²) in [6, 6.07) is 6.18. The zero-order valence-corrected chi connectivity index (χ0v) is 32.3. The predicted molar refractivity (Wildman–Crippen MR) is 206 cm³/mol. The molecule has 0 fully saturated rings. The molecule has 0 spiro atoms. The molecule has 0 bridgehead atoms. The lowest BCUT2D eigenvalue weighted by Crippen LogP contribution is -2.46. The quantitative estimate of drug-likeness (QED) is 0.0630. The van der Waals surface area contributed by atoms with E-state index in [0.29, 0.717) is 31.7 Å². The standard InChI is InChI=1S/C27H36O11.C3H9NO.3C3H4O/c1-6-23(29)36-18-26(13-32-3,14-33-4)16-35-17-27(15-34-5,19-37-24(30)7-2)20-38-25(31)22-11-9-8-10-21(22)12-28;1-4-2-3-5;3*1-2-3-4/h6-12H,1-2,13-20H2,3-5H3;4-5H,2-3H2,1H3;3*2-3H,1H2. The summed E-state index contributed by atoms with van der Waals surface area (Å²) in [5.41, 5.74) is -1.76. The lowest BCUT2D eigenvalue weighted by Gasteiger charge is -2.35. The van der Waals surface area contributed by atoms with E-state index in [9.17, 15) is 19.2 Å². The van der Waals surface area contributed by atoms with Crippen molar-refractivity contribution in [3.8, 4) is 0 Å². The molecule has 308 valence electrons. The van der Waals surface area contributed by atoms with Gasteiger partial charge >= 0.3 is 17.9 Å². The summed E-state index contributed by atoms with van der Waals surface area (Å²) < 4.78 is 38.0. The average molecular weight is 780 g/mol. The highest BCUT2D eigenvalue weighted by Gasteiger charge is 2.38. The summed E-state index contributed by atoms with van der Waals surface area (Å²) in [5, 5.41) is 10.8. The van der Waals surface area contributed by atoms with E-state index in [0.717, 1.165) is 12.2 Å². The van der Waals surface area contributed by atoms with Crippen LogP contribution in [0.1, 0.15) is 20.7 Å². The monoisotopic (exact) mass is 779 g/mol. The molecule has 1 unspecified atom stereocenters. The zero-order chi connectivity index (χ0) is 42.8. The average Bonchev–Trinajstić information content (AvgIpc) is 3.21. The molecule has 2 N–H and O–H groups in total. The molecule has 1 atom stereocenters. The van der Waals surface area contributed by atoms with Gasteiger partial charge in [0.25, 0.3) is 0 Å². The number of hydrogen-bond acceptors (Lipinski definition) is 16. The Hall–Kier alpha value is -5.23. The topological polar surface area (TPSA) is 216 Å². The number of ether oxygens (including phenoxy) is 7. The zero-order valence-electron chi connectivity index (χ0n) is 32.3. The van der Waals surface area contributed by atoms with E-state index in [1.807, 2.05) is 0 Å². The second-order valence-corrected chi connectivity index (χ2v) is 10.6. The third-order valence-corrected chi connectivity index (χ3v) is 6.01. The summed E-state index contributed by atoms with van der Waals surface area (Å²) in [4.78, 5) is 74.8. The Balaban J connectivity index is -0.000000635. The normalized spacial score (nSPS) is 10.6. The van der Waals surface area contributed by atoms with Crippen LogP contribution in [0.25, 0.3) is 0 Å². The van der Waals surface area contributed by atoms with Gasteiger partial charge in [-0.25, -0.2) is 14.4 Å². The summed E-state index contributed by atoms with van der Waals surface area (Å²) >= 11 is 0. The van der Waals surface area contributed by atoms with Gasteiger partial charge in [0, 0.05) is 45.6 Å². The first-order valence-electron chi connectivity index (χ1n) is 16.2. The van der Waals surface area contributed by atoms with Crippen molar-refractivity contribution < 1.29 is 71.8 Å². The van der Waals surface area contributed by atoms with Gasteiger partial charge in [0.1, 0.15) is 38.7 Å². The molecule has 0 amide bonds. The number of nitrogens with one attached hydrogen (secondary N) is 1. The van der Waals surface area contributed by atoms with Crippen LogP contribution in [0.15, 0.2) is 87.5 Å². The number of methoxy groups -OCH3 is 3. The van der Waals surface area contributed by atoms with Crippen LogP contribution < -0.4 is 5.32 Å². The summed E-state index contributed by atoms with van der Waals surface area (Å²) in [6.07, 6.45) is 8.10.